The largest absolute Gasteiger partial charge is 0.469 e. The lowest BCUT2D eigenvalue weighted by Crippen LogP contribution is -2.37. The van der Waals surface area contributed by atoms with Gasteiger partial charge in [-0.3, -0.25) is 14.4 Å². The summed E-state index contributed by atoms with van der Waals surface area (Å²) in [6, 6.07) is 0. The van der Waals surface area contributed by atoms with Crippen molar-refractivity contribution in [3.05, 3.63) is 0 Å². The van der Waals surface area contributed by atoms with Crippen LogP contribution in [0.25, 0.3) is 0 Å². The minimum Gasteiger partial charge on any atom is -0.469 e. The van der Waals surface area contributed by atoms with Crippen LogP contribution in [0.15, 0.2) is 0 Å². The minimum atomic E-state index is -0.434. The summed E-state index contributed by atoms with van der Waals surface area (Å²) in [6.07, 6.45) is 3.17. The van der Waals surface area contributed by atoms with Crippen LogP contribution in [-0.2, 0) is 19.1 Å². The van der Waals surface area contributed by atoms with Crippen LogP contribution in [0.3, 0.4) is 0 Å². The minimum absolute atomic E-state index is 0.0573. The molecule has 0 aromatic rings. The van der Waals surface area contributed by atoms with Crippen molar-refractivity contribution >= 4 is 17.8 Å². The molecule has 6 nitrogen and oxygen atoms in total. The molecule has 0 unspecified atom stereocenters. The van der Waals surface area contributed by atoms with Crippen LogP contribution in [0.4, 0.5) is 0 Å². The first-order valence-electron chi connectivity index (χ1n) is 7.39. The maximum absolute atomic E-state index is 11.6. The molecule has 0 bridgehead atoms. The van der Waals surface area contributed by atoms with E-state index in [4.69, 9.17) is 0 Å². The lowest BCUT2D eigenvalue weighted by atomic mass is 9.96. The van der Waals surface area contributed by atoms with Crippen molar-refractivity contribution in [3.63, 3.8) is 0 Å². The first kappa shape index (κ1) is 19.4. The molecule has 0 atom stereocenters. The molecule has 0 aromatic carbocycles. The summed E-state index contributed by atoms with van der Waals surface area (Å²) in [4.78, 5) is 34.0. The summed E-state index contributed by atoms with van der Waals surface area (Å²) < 4.78 is 4.54. The summed E-state index contributed by atoms with van der Waals surface area (Å²) in [6.45, 7) is 6.43. The van der Waals surface area contributed by atoms with Gasteiger partial charge in [-0.1, -0.05) is 27.2 Å². The molecule has 2 amide bonds. The second-order valence-electron chi connectivity index (χ2n) is 5.99. The Morgan fingerprint density at radius 2 is 1.57 bits per heavy atom. The van der Waals surface area contributed by atoms with Gasteiger partial charge in [-0.15, -0.1) is 0 Å². The average molecular weight is 300 g/mol. The number of esters is 1. The first-order chi connectivity index (χ1) is 9.77. The number of nitrogens with one attached hydrogen (secondary N) is 2. The number of carbonyl (C=O) groups excluding carboxylic acids is 3. The molecule has 0 aliphatic rings. The molecule has 0 rings (SSSR count). The highest BCUT2D eigenvalue weighted by molar-refractivity contribution is 5.82. The van der Waals surface area contributed by atoms with Crippen LogP contribution >= 0.6 is 0 Å². The summed E-state index contributed by atoms with van der Waals surface area (Å²) in [7, 11) is 1.38. The van der Waals surface area contributed by atoms with E-state index >= 15 is 0 Å². The van der Waals surface area contributed by atoms with Crippen LogP contribution in [-0.4, -0.2) is 38.0 Å². The highest BCUT2D eigenvalue weighted by Crippen LogP contribution is 2.12. The lowest BCUT2D eigenvalue weighted by molar-refractivity contribution is -0.140. The molecule has 6 heteroatoms. The highest BCUT2D eigenvalue weighted by Gasteiger charge is 2.20. The molecule has 0 saturated carbocycles. The van der Waals surface area contributed by atoms with Crippen molar-refractivity contribution < 1.29 is 19.1 Å². The van der Waals surface area contributed by atoms with Gasteiger partial charge in [-0.2, -0.15) is 0 Å². The van der Waals surface area contributed by atoms with Crippen molar-refractivity contribution in [2.45, 2.75) is 52.9 Å². The third-order valence-corrected chi connectivity index (χ3v) is 2.93. The van der Waals surface area contributed by atoms with Gasteiger partial charge < -0.3 is 15.4 Å². The van der Waals surface area contributed by atoms with E-state index in [0.29, 0.717) is 19.5 Å². The molecule has 21 heavy (non-hydrogen) atoms. The molecular formula is C15H28N2O4. The molecule has 0 heterocycles. The normalized spacial score (nSPS) is 10.9. The van der Waals surface area contributed by atoms with E-state index in [1.54, 1.807) is 0 Å². The third kappa shape index (κ3) is 10.8. The van der Waals surface area contributed by atoms with Crippen molar-refractivity contribution in [2.75, 3.05) is 20.2 Å². The molecule has 2 N–H and O–H groups in total. The number of methoxy groups -OCH3 is 1. The van der Waals surface area contributed by atoms with Crippen LogP contribution < -0.4 is 10.6 Å². The quantitative estimate of drug-likeness (QED) is 0.498. The number of amides is 2. The Bertz CT molecular complexity index is 348. The molecule has 122 valence electrons. The highest BCUT2D eigenvalue weighted by atomic mass is 16.5. The molecule has 0 fully saturated rings. The van der Waals surface area contributed by atoms with Gasteiger partial charge in [0.25, 0.3) is 0 Å². The van der Waals surface area contributed by atoms with Gasteiger partial charge >= 0.3 is 5.97 Å². The van der Waals surface area contributed by atoms with E-state index in [0.717, 1.165) is 19.3 Å². The van der Waals surface area contributed by atoms with Crippen molar-refractivity contribution in [1.29, 1.82) is 0 Å². The maximum Gasteiger partial charge on any atom is 0.305 e. The first-order valence-corrected chi connectivity index (χ1v) is 7.39. The van der Waals surface area contributed by atoms with E-state index in [1.165, 1.54) is 7.11 Å². The van der Waals surface area contributed by atoms with Gasteiger partial charge in [0.15, 0.2) is 0 Å². The van der Waals surface area contributed by atoms with Crippen LogP contribution in [0.2, 0.25) is 0 Å². The summed E-state index contributed by atoms with van der Waals surface area (Å²) in [5.74, 6) is -0.330. The van der Waals surface area contributed by atoms with Crippen LogP contribution in [0.5, 0.6) is 0 Å². The van der Waals surface area contributed by atoms with Gasteiger partial charge in [-0.05, 0) is 12.8 Å². The molecule has 0 aliphatic carbocycles. The number of carbonyl (C=O) groups is 3. The predicted molar refractivity (Wildman–Crippen MR) is 80.6 cm³/mol. The number of hydrogen-bond donors (Lipinski definition) is 2. The Labute approximate surface area is 127 Å². The number of unbranched alkanes of at least 4 members (excludes halogenated alkanes) is 2. The van der Waals surface area contributed by atoms with Crippen molar-refractivity contribution in [2.24, 2.45) is 5.41 Å². The summed E-state index contributed by atoms with van der Waals surface area (Å²) in [5.41, 5.74) is -0.434. The summed E-state index contributed by atoms with van der Waals surface area (Å²) >= 11 is 0. The topological polar surface area (TPSA) is 84.5 Å². The number of hydrogen-bond acceptors (Lipinski definition) is 4. The summed E-state index contributed by atoms with van der Waals surface area (Å²) in [5, 5.41) is 5.52. The lowest BCUT2D eigenvalue weighted by Gasteiger charge is -2.17. The third-order valence-electron chi connectivity index (χ3n) is 2.93. The Morgan fingerprint density at radius 3 is 2.14 bits per heavy atom. The molecule has 0 aliphatic heterocycles. The molecule has 0 spiro atoms. The van der Waals surface area contributed by atoms with E-state index in [9.17, 15) is 14.4 Å². The Morgan fingerprint density at radius 1 is 0.905 bits per heavy atom. The fourth-order valence-corrected chi connectivity index (χ4v) is 1.54. The van der Waals surface area contributed by atoms with Gasteiger partial charge in [0.05, 0.1) is 7.11 Å². The number of rotatable bonds is 9. The van der Waals surface area contributed by atoms with E-state index in [2.05, 4.69) is 15.4 Å². The van der Waals surface area contributed by atoms with E-state index in [1.807, 2.05) is 20.8 Å². The average Bonchev–Trinajstić information content (AvgIpc) is 2.41. The predicted octanol–water partition coefficient (Wildman–Crippen LogP) is 1.39. The van der Waals surface area contributed by atoms with E-state index < -0.39 is 5.41 Å². The fourth-order valence-electron chi connectivity index (χ4n) is 1.54. The zero-order valence-corrected chi connectivity index (χ0v) is 13.6. The van der Waals surface area contributed by atoms with E-state index in [-0.39, 0.29) is 24.2 Å². The van der Waals surface area contributed by atoms with Gasteiger partial charge in [-0.25, -0.2) is 0 Å². The molecule has 0 radical (unpaired) electrons. The van der Waals surface area contributed by atoms with Gasteiger partial charge in [0.2, 0.25) is 11.8 Å². The molecular weight excluding hydrogens is 272 g/mol. The zero-order valence-electron chi connectivity index (χ0n) is 13.6. The standard InChI is InChI=1S/C15H28N2O4/c1-15(2,3)14(20)17-11-9-12(18)16-10-7-5-6-8-13(19)21-4/h5-11H2,1-4H3,(H,16,18)(H,17,20). The van der Waals surface area contributed by atoms with Crippen LogP contribution in [0.1, 0.15) is 52.9 Å². The number of ether oxygens (including phenoxy) is 1. The van der Waals surface area contributed by atoms with Gasteiger partial charge in [0.1, 0.15) is 0 Å². The van der Waals surface area contributed by atoms with Crippen molar-refractivity contribution in [3.8, 4) is 0 Å². The molecule has 0 saturated heterocycles. The SMILES string of the molecule is COC(=O)CCCCCNC(=O)CCNC(=O)C(C)(C)C. The van der Waals surface area contributed by atoms with Crippen molar-refractivity contribution in [1.82, 2.24) is 10.6 Å². The van der Waals surface area contributed by atoms with Gasteiger partial charge in [0, 0.05) is 31.3 Å². The maximum atomic E-state index is 11.6. The Balaban J connectivity index is 3.51. The Kier molecular flexibility index (Phi) is 9.41. The fraction of sp³-hybridized carbons (Fsp3) is 0.800. The molecule has 0 aromatic heterocycles. The monoisotopic (exact) mass is 300 g/mol. The second-order valence-corrected chi connectivity index (χ2v) is 5.99. The zero-order chi connectivity index (χ0) is 16.3. The Hall–Kier alpha value is -1.59. The van der Waals surface area contributed by atoms with Crippen LogP contribution in [0, 0.1) is 5.41 Å². The second kappa shape index (κ2) is 10.2. The smallest absolute Gasteiger partial charge is 0.305 e.